The van der Waals surface area contributed by atoms with E-state index in [2.05, 4.69) is 10.4 Å². The summed E-state index contributed by atoms with van der Waals surface area (Å²) >= 11 is 0. The van der Waals surface area contributed by atoms with E-state index in [4.69, 9.17) is 9.47 Å². The first kappa shape index (κ1) is 12.3. The van der Waals surface area contributed by atoms with E-state index in [0.717, 1.165) is 12.4 Å². The molecule has 1 aliphatic rings. The SMILES string of the molecule is COCCOCCn1nc2n(c1=O)CCNC2. The van der Waals surface area contributed by atoms with Crippen molar-refractivity contribution in [3.8, 4) is 0 Å². The number of fused-ring (bicyclic) bond motifs is 1. The van der Waals surface area contributed by atoms with Crippen molar-refractivity contribution >= 4 is 0 Å². The van der Waals surface area contributed by atoms with E-state index in [-0.39, 0.29) is 5.69 Å². The third-order valence-corrected chi connectivity index (χ3v) is 2.67. The van der Waals surface area contributed by atoms with E-state index in [9.17, 15) is 4.79 Å². The Bertz CT molecular complexity index is 412. The lowest BCUT2D eigenvalue weighted by Crippen LogP contribution is -2.34. The minimum absolute atomic E-state index is 0.0446. The molecule has 0 radical (unpaired) electrons. The highest BCUT2D eigenvalue weighted by Crippen LogP contribution is 1.97. The van der Waals surface area contributed by atoms with Gasteiger partial charge in [0.15, 0.2) is 0 Å². The minimum Gasteiger partial charge on any atom is -0.382 e. The van der Waals surface area contributed by atoms with Crippen LogP contribution < -0.4 is 11.0 Å². The molecule has 0 atom stereocenters. The molecule has 1 N–H and O–H groups in total. The van der Waals surface area contributed by atoms with E-state index in [1.54, 1.807) is 11.7 Å². The average molecular weight is 242 g/mol. The second-order valence-electron chi connectivity index (χ2n) is 3.86. The number of nitrogens with zero attached hydrogens (tertiary/aromatic N) is 3. The van der Waals surface area contributed by atoms with Gasteiger partial charge in [0.05, 0.1) is 32.9 Å². The third kappa shape index (κ3) is 2.93. The van der Waals surface area contributed by atoms with E-state index >= 15 is 0 Å². The van der Waals surface area contributed by atoms with Gasteiger partial charge < -0.3 is 14.8 Å². The Kier molecular flexibility index (Phi) is 4.29. The molecule has 17 heavy (non-hydrogen) atoms. The predicted octanol–water partition coefficient (Wildman–Crippen LogP) is -1.19. The monoisotopic (exact) mass is 242 g/mol. The topological polar surface area (TPSA) is 70.3 Å². The van der Waals surface area contributed by atoms with E-state index in [1.165, 1.54) is 4.68 Å². The zero-order valence-corrected chi connectivity index (χ0v) is 10.0. The number of hydrogen-bond donors (Lipinski definition) is 1. The number of hydrogen-bond acceptors (Lipinski definition) is 5. The zero-order valence-electron chi connectivity index (χ0n) is 10.0. The summed E-state index contributed by atoms with van der Waals surface area (Å²) in [5.74, 6) is 0.804. The van der Waals surface area contributed by atoms with Crippen LogP contribution in [0.3, 0.4) is 0 Å². The molecule has 0 aromatic carbocycles. The molecular formula is C10H18N4O3. The fraction of sp³-hybridized carbons (Fsp3) is 0.800. The molecule has 96 valence electrons. The Hall–Kier alpha value is -1.18. The van der Waals surface area contributed by atoms with Crippen molar-refractivity contribution in [1.82, 2.24) is 19.7 Å². The summed E-state index contributed by atoms with van der Waals surface area (Å²) in [7, 11) is 1.63. The Morgan fingerprint density at radius 1 is 1.41 bits per heavy atom. The largest absolute Gasteiger partial charge is 0.382 e. The lowest BCUT2D eigenvalue weighted by molar-refractivity contribution is 0.0649. The maximum atomic E-state index is 11.9. The van der Waals surface area contributed by atoms with Gasteiger partial charge in [-0.15, -0.1) is 0 Å². The molecule has 7 nitrogen and oxygen atoms in total. The zero-order chi connectivity index (χ0) is 12.1. The number of methoxy groups -OCH3 is 1. The number of rotatable bonds is 6. The van der Waals surface area contributed by atoms with Crippen LogP contribution in [0.4, 0.5) is 0 Å². The molecule has 0 spiro atoms. The van der Waals surface area contributed by atoms with Gasteiger partial charge in [0.25, 0.3) is 0 Å². The second kappa shape index (κ2) is 5.95. The van der Waals surface area contributed by atoms with Crippen molar-refractivity contribution in [2.24, 2.45) is 0 Å². The standard InChI is InChI=1S/C10H18N4O3/c1-16-6-7-17-5-4-14-10(15)13-3-2-11-8-9(13)12-14/h11H,2-8H2,1H3. The third-order valence-electron chi connectivity index (χ3n) is 2.67. The van der Waals surface area contributed by atoms with E-state index in [0.29, 0.717) is 39.5 Å². The van der Waals surface area contributed by atoms with Crippen LogP contribution in [-0.4, -0.2) is 47.8 Å². The van der Waals surface area contributed by atoms with Crippen molar-refractivity contribution in [3.05, 3.63) is 16.3 Å². The Labute approximate surface area is 99.3 Å². The van der Waals surface area contributed by atoms with Crippen LogP contribution in [0.5, 0.6) is 0 Å². The predicted molar refractivity (Wildman–Crippen MR) is 60.9 cm³/mol. The molecule has 0 aliphatic carbocycles. The lowest BCUT2D eigenvalue weighted by atomic mass is 10.4. The number of aromatic nitrogens is 3. The van der Waals surface area contributed by atoms with Gasteiger partial charge in [-0.25, -0.2) is 9.48 Å². The van der Waals surface area contributed by atoms with Crippen molar-refractivity contribution < 1.29 is 9.47 Å². The summed E-state index contributed by atoms with van der Waals surface area (Å²) in [6.45, 7) is 4.25. The first-order valence-electron chi connectivity index (χ1n) is 5.77. The second-order valence-corrected chi connectivity index (χ2v) is 3.86. The molecule has 0 saturated carbocycles. The molecule has 0 unspecified atom stereocenters. The quantitative estimate of drug-likeness (QED) is 0.635. The maximum absolute atomic E-state index is 11.9. The van der Waals surface area contributed by atoms with Crippen LogP contribution in [-0.2, 0) is 29.1 Å². The van der Waals surface area contributed by atoms with Crippen molar-refractivity contribution in [2.75, 3.05) is 33.5 Å². The van der Waals surface area contributed by atoms with Crippen molar-refractivity contribution in [1.29, 1.82) is 0 Å². The minimum atomic E-state index is -0.0446. The number of nitrogens with one attached hydrogen (secondary N) is 1. The normalized spacial score (nSPS) is 14.9. The first-order chi connectivity index (χ1) is 8.33. The first-order valence-corrected chi connectivity index (χ1v) is 5.77. The molecule has 1 aromatic heterocycles. The lowest BCUT2D eigenvalue weighted by Gasteiger charge is -2.11. The molecule has 0 bridgehead atoms. The van der Waals surface area contributed by atoms with Crippen LogP contribution in [0.15, 0.2) is 4.79 Å². The van der Waals surface area contributed by atoms with Crippen molar-refractivity contribution in [3.63, 3.8) is 0 Å². The Morgan fingerprint density at radius 3 is 3.06 bits per heavy atom. The van der Waals surface area contributed by atoms with E-state index < -0.39 is 0 Å². The van der Waals surface area contributed by atoms with Gasteiger partial charge in [-0.3, -0.25) is 4.57 Å². The van der Waals surface area contributed by atoms with Crippen LogP contribution in [0.25, 0.3) is 0 Å². The number of ether oxygens (including phenoxy) is 2. The van der Waals surface area contributed by atoms with Crippen molar-refractivity contribution in [2.45, 2.75) is 19.6 Å². The molecular weight excluding hydrogens is 224 g/mol. The Balaban J connectivity index is 1.88. The van der Waals surface area contributed by atoms with Crippen LogP contribution in [0.2, 0.25) is 0 Å². The fourth-order valence-corrected chi connectivity index (χ4v) is 1.77. The van der Waals surface area contributed by atoms with Gasteiger partial charge in [-0.2, -0.15) is 5.10 Å². The molecule has 7 heteroatoms. The summed E-state index contributed by atoms with van der Waals surface area (Å²) in [5.41, 5.74) is -0.0446. The highest BCUT2D eigenvalue weighted by Gasteiger charge is 2.15. The summed E-state index contributed by atoms with van der Waals surface area (Å²) in [6.07, 6.45) is 0. The molecule has 0 amide bonds. The van der Waals surface area contributed by atoms with Gasteiger partial charge in [-0.1, -0.05) is 0 Å². The van der Waals surface area contributed by atoms with Gasteiger partial charge in [0, 0.05) is 20.2 Å². The maximum Gasteiger partial charge on any atom is 0.346 e. The Morgan fingerprint density at radius 2 is 2.29 bits per heavy atom. The fourth-order valence-electron chi connectivity index (χ4n) is 1.77. The van der Waals surface area contributed by atoms with Gasteiger partial charge in [0.2, 0.25) is 0 Å². The average Bonchev–Trinajstić information content (AvgIpc) is 2.67. The summed E-state index contributed by atoms with van der Waals surface area (Å²) in [5, 5.41) is 7.44. The van der Waals surface area contributed by atoms with E-state index in [1.807, 2.05) is 0 Å². The molecule has 1 aliphatic heterocycles. The summed E-state index contributed by atoms with van der Waals surface area (Å²) < 4.78 is 13.4. The summed E-state index contributed by atoms with van der Waals surface area (Å²) in [4.78, 5) is 11.9. The van der Waals surface area contributed by atoms with Gasteiger partial charge >= 0.3 is 5.69 Å². The highest BCUT2D eigenvalue weighted by molar-refractivity contribution is 4.90. The molecule has 2 rings (SSSR count). The molecule has 0 saturated heterocycles. The molecule has 2 heterocycles. The van der Waals surface area contributed by atoms with Gasteiger partial charge in [0.1, 0.15) is 5.82 Å². The van der Waals surface area contributed by atoms with Crippen LogP contribution >= 0.6 is 0 Å². The van der Waals surface area contributed by atoms with Gasteiger partial charge in [-0.05, 0) is 0 Å². The molecule has 1 aromatic rings. The van der Waals surface area contributed by atoms with Crippen LogP contribution in [0, 0.1) is 0 Å². The van der Waals surface area contributed by atoms with Crippen LogP contribution in [0.1, 0.15) is 5.82 Å². The summed E-state index contributed by atoms with van der Waals surface area (Å²) in [6, 6.07) is 0. The molecule has 0 fully saturated rings. The smallest absolute Gasteiger partial charge is 0.346 e. The highest BCUT2D eigenvalue weighted by atomic mass is 16.5.